The summed E-state index contributed by atoms with van der Waals surface area (Å²) in [7, 11) is 6.45. The predicted octanol–water partition coefficient (Wildman–Crippen LogP) is 2.20. The van der Waals surface area contributed by atoms with Crippen molar-refractivity contribution in [2.45, 2.75) is 16.5 Å². The highest BCUT2D eigenvalue weighted by atomic mass is 79.9. The van der Waals surface area contributed by atoms with Crippen molar-refractivity contribution in [1.82, 2.24) is 0 Å². The average Bonchev–Trinajstić information content (AvgIpc) is 2.89. The summed E-state index contributed by atoms with van der Waals surface area (Å²) >= 11 is 1.54. The number of rotatable bonds is 9. The average molecular weight is 556 g/mol. The lowest BCUT2D eigenvalue weighted by Gasteiger charge is -2.12. The molecule has 0 spiro atoms. The van der Waals surface area contributed by atoms with E-state index in [2.05, 4.69) is 0 Å². The SMILES string of the molecule is COc1ccc(Sc2c3cc(OC)c(OC)cc3cc[n+]2CC(=O)c2ccccc2)cc1OC.[Br-]. The largest absolute Gasteiger partial charge is 1.00 e. The number of Topliss-reactive ketones (excluding diaryl/α,β-unsaturated/α-hetero) is 1. The van der Waals surface area contributed by atoms with Gasteiger partial charge in [0.15, 0.2) is 29.2 Å². The summed E-state index contributed by atoms with van der Waals surface area (Å²) in [4.78, 5) is 14.0. The van der Waals surface area contributed by atoms with E-state index < -0.39 is 0 Å². The lowest BCUT2D eigenvalue weighted by Crippen LogP contribution is -3.00. The van der Waals surface area contributed by atoms with E-state index in [0.29, 0.717) is 28.6 Å². The zero-order chi connectivity index (χ0) is 24.1. The van der Waals surface area contributed by atoms with Gasteiger partial charge in [0.05, 0.1) is 33.8 Å². The molecule has 3 aromatic carbocycles. The van der Waals surface area contributed by atoms with E-state index in [1.165, 1.54) is 0 Å². The van der Waals surface area contributed by atoms with Gasteiger partial charge >= 0.3 is 0 Å². The minimum Gasteiger partial charge on any atom is -1.00 e. The summed E-state index contributed by atoms with van der Waals surface area (Å²) in [6.07, 6.45) is 1.93. The molecule has 0 aliphatic carbocycles. The Morgan fingerprint density at radius 3 is 2.06 bits per heavy atom. The monoisotopic (exact) mass is 555 g/mol. The van der Waals surface area contributed by atoms with Crippen LogP contribution in [0.25, 0.3) is 10.8 Å². The van der Waals surface area contributed by atoms with Crippen molar-refractivity contribution in [2.75, 3.05) is 28.4 Å². The minimum atomic E-state index is 0. The molecule has 0 bridgehead atoms. The second kappa shape index (κ2) is 12.0. The van der Waals surface area contributed by atoms with Crippen molar-refractivity contribution in [2.24, 2.45) is 0 Å². The number of ketones is 1. The Morgan fingerprint density at radius 1 is 0.771 bits per heavy atom. The van der Waals surface area contributed by atoms with E-state index in [9.17, 15) is 4.79 Å². The van der Waals surface area contributed by atoms with Gasteiger partial charge in [-0.25, -0.2) is 0 Å². The number of carbonyl (C=O) groups excluding carboxylic acids is 1. The Kier molecular flexibility index (Phi) is 9.01. The molecule has 4 aromatic rings. The maximum Gasteiger partial charge on any atom is 0.253 e. The minimum absolute atomic E-state index is 0. The van der Waals surface area contributed by atoms with Crippen LogP contribution in [0.1, 0.15) is 10.4 Å². The lowest BCUT2D eigenvalue weighted by atomic mass is 10.1. The van der Waals surface area contributed by atoms with Crippen LogP contribution in [-0.4, -0.2) is 34.2 Å². The first-order valence-electron chi connectivity index (χ1n) is 10.6. The number of pyridine rings is 1. The summed E-state index contributed by atoms with van der Waals surface area (Å²) in [6, 6.07) is 20.9. The number of nitrogens with zero attached hydrogens (tertiary/aromatic N) is 1. The molecule has 0 N–H and O–H groups in total. The Labute approximate surface area is 219 Å². The second-order valence-corrected chi connectivity index (χ2v) is 8.51. The zero-order valence-corrected chi connectivity index (χ0v) is 22.3. The summed E-state index contributed by atoms with van der Waals surface area (Å²) in [6.45, 7) is 0.198. The van der Waals surface area contributed by atoms with Gasteiger partial charge in [-0.15, -0.1) is 0 Å². The molecular formula is C27H26BrNO5S. The highest BCUT2D eigenvalue weighted by Crippen LogP contribution is 2.39. The van der Waals surface area contributed by atoms with Crippen LogP contribution in [0.2, 0.25) is 0 Å². The Morgan fingerprint density at radius 2 is 1.40 bits per heavy atom. The number of fused-ring (bicyclic) bond motifs is 1. The number of carbonyl (C=O) groups is 1. The van der Waals surface area contributed by atoms with Crippen LogP contribution in [0.3, 0.4) is 0 Å². The van der Waals surface area contributed by atoms with Gasteiger partial charge < -0.3 is 35.9 Å². The van der Waals surface area contributed by atoms with Crippen LogP contribution in [0.4, 0.5) is 0 Å². The van der Waals surface area contributed by atoms with Crippen LogP contribution in [-0.2, 0) is 6.54 Å². The van der Waals surface area contributed by atoms with E-state index >= 15 is 0 Å². The zero-order valence-electron chi connectivity index (χ0n) is 19.9. The van der Waals surface area contributed by atoms with Crippen LogP contribution < -0.4 is 40.5 Å². The fourth-order valence-corrected chi connectivity index (χ4v) is 4.77. The second-order valence-electron chi connectivity index (χ2n) is 7.45. The number of hydrogen-bond donors (Lipinski definition) is 0. The molecular weight excluding hydrogens is 530 g/mol. The van der Waals surface area contributed by atoms with E-state index in [4.69, 9.17) is 18.9 Å². The molecule has 0 atom stereocenters. The Hall–Kier alpha value is -3.23. The van der Waals surface area contributed by atoms with Gasteiger partial charge in [0.2, 0.25) is 12.3 Å². The summed E-state index contributed by atoms with van der Waals surface area (Å²) in [5, 5.41) is 2.82. The first kappa shape index (κ1) is 26.4. The third kappa shape index (κ3) is 5.71. The maximum absolute atomic E-state index is 13.1. The number of halogens is 1. The number of methoxy groups -OCH3 is 4. The molecule has 1 aromatic heterocycles. The molecule has 0 aliphatic rings. The third-order valence-electron chi connectivity index (χ3n) is 5.46. The molecule has 8 heteroatoms. The van der Waals surface area contributed by atoms with Crippen molar-refractivity contribution in [3.63, 3.8) is 0 Å². The van der Waals surface area contributed by atoms with Crippen LogP contribution >= 0.6 is 11.8 Å². The van der Waals surface area contributed by atoms with Gasteiger partial charge in [-0.2, -0.15) is 4.57 Å². The molecule has 35 heavy (non-hydrogen) atoms. The molecule has 0 saturated heterocycles. The number of aromatic nitrogens is 1. The quantitative estimate of drug-likeness (QED) is 0.233. The van der Waals surface area contributed by atoms with Gasteiger partial charge in [-0.3, -0.25) is 4.79 Å². The summed E-state index contributed by atoms with van der Waals surface area (Å²) in [5.41, 5.74) is 0.671. The predicted molar refractivity (Wildman–Crippen MR) is 132 cm³/mol. The molecule has 0 unspecified atom stereocenters. The first-order valence-corrected chi connectivity index (χ1v) is 11.5. The molecule has 182 valence electrons. The molecule has 4 rings (SSSR count). The molecule has 0 saturated carbocycles. The Balaban J connectivity index is 0.00000342. The van der Waals surface area contributed by atoms with Gasteiger partial charge in [0.1, 0.15) is 0 Å². The molecule has 0 amide bonds. The molecule has 0 fully saturated rings. The van der Waals surface area contributed by atoms with E-state index in [1.54, 1.807) is 40.2 Å². The van der Waals surface area contributed by atoms with Crippen molar-refractivity contribution in [3.8, 4) is 23.0 Å². The Bertz CT molecular complexity index is 1330. The van der Waals surface area contributed by atoms with Crippen LogP contribution in [0.5, 0.6) is 23.0 Å². The smallest absolute Gasteiger partial charge is 0.253 e. The standard InChI is InChI=1S/C27H26NO5S.BrH/c1-30-23-11-10-20(15-25(23)32-3)34-27-21-16-26(33-4)24(31-2)14-19(21)12-13-28(27)17-22(29)18-8-6-5-7-9-18;/h5-16H,17H2,1-4H3;1H/q+1;/p-1. The number of benzene rings is 3. The van der Waals surface area contributed by atoms with E-state index in [0.717, 1.165) is 20.7 Å². The lowest BCUT2D eigenvalue weighted by molar-refractivity contribution is -0.717. The van der Waals surface area contributed by atoms with E-state index in [1.807, 2.05) is 77.5 Å². The van der Waals surface area contributed by atoms with Crippen molar-refractivity contribution in [1.29, 1.82) is 0 Å². The van der Waals surface area contributed by atoms with Crippen molar-refractivity contribution < 1.29 is 45.3 Å². The molecule has 0 radical (unpaired) electrons. The highest BCUT2D eigenvalue weighted by molar-refractivity contribution is 7.99. The summed E-state index contributed by atoms with van der Waals surface area (Å²) < 4.78 is 23.9. The number of hydrogen-bond acceptors (Lipinski definition) is 6. The van der Waals surface area contributed by atoms with Gasteiger partial charge in [-0.1, -0.05) is 30.3 Å². The maximum atomic E-state index is 13.1. The number of ether oxygens (including phenoxy) is 4. The fourth-order valence-electron chi connectivity index (χ4n) is 3.71. The third-order valence-corrected chi connectivity index (χ3v) is 6.60. The van der Waals surface area contributed by atoms with Crippen LogP contribution in [0, 0.1) is 0 Å². The van der Waals surface area contributed by atoms with Crippen molar-refractivity contribution in [3.05, 3.63) is 78.5 Å². The molecule has 6 nitrogen and oxygen atoms in total. The van der Waals surface area contributed by atoms with Gasteiger partial charge in [0.25, 0.3) is 5.03 Å². The summed E-state index contributed by atoms with van der Waals surface area (Å²) in [5.74, 6) is 2.59. The van der Waals surface area contributed by atoms with Crippen LogP contribution in [0.15, 0.2) is 82.8 Å². The van der Waals surface area contributed by atoms with Crippen molar-refractivity contribution >= 4 is 28.3 Å². The van der Waals surface area contributed by atoms with Gasteiger partial charge in [-0.05, 0) is 47.5 Å². The molecule has 0 aliphatic heterocycles. The fraction of sp³-hybridized carbons (Fsp3) is 0.185. The molecule has 1 heterocycles. The topological polar surface area (TPSA) is 57.9 Å². The van der Waals surface area contributed by atoms with Gasteiger partial charge in [0, 0.05) is 16.5 Å². The first-order chi connectivity index (χ1) is 16.6. The van der Waals surface area contributed by atoms with E-state index in [-0.39, 0.29) is 29.3 Å². The highest BCUT2D eigenvalue weighted by Gasteiger charge is 2.23. The normalized spacial score (nSPS) is 10.4.